The van der Waals surface area contributed by atoms with E-state index in [2.05, 4.69) is 19.2 Å². The van der Waals surface area contributed by atoms with Crippen LogP contribution in [0.15, 0.2) is 0 Å². The number of hydrogen-bond donors (Lipinski definition) is 2. The van der Waals surface area contributed by atoms with Crippen molar-refractivity contribution in [2.24, 2.45) is 11.3 Å². The van der Waals surface area contributed by atoms with Gasteiger partial charge in [0, 0.05) is 19.1 Å². The summed E-state index contributed by atoms with van der Waals surface area (Å²) < 4.78 is 0. The van der Waals surface area contributed by atoms with E-state index in [1.54, 1.807) is 4.90 Å². The maximum atomic E-state index is 11.9. The van der Waals surface area contributed by atoms with Crippen LogP contribution in [0.4, 0.5) is 4.79 Å². The summed E-state index contributed by atoms with van der Waals surface area (Å²) in [5.41, 5.74) is 0.159. The Kier molecular flexibility index (Phi) is 3.02. The molecule has 5 nitrogen and oxygen atoms in total. The molecule has 0 aromatic carbocycles. The second-order valence-electron chi connectivity index (χ2n) is 5.82. The zero-order chi connectivity index (χ0) is 12.6. The van der Waals surface area contributed by atoms with Crippen molar-refractivity contribution in [3.8, 4) is 0 Å². The molecule has 17 heavy (non-hydrogen) atoms. The van der Waals surface area contributed by atoms with Crippen LogP contribution in [0.1, 0.15) is 33.1 Å². The monoisotopic (exact) mass is 240 g/mol. The third-order valence-electron chi connectivity index (χ3n) is 4.07. The average Bonchev–Trinajstić information content (AvgIpc) is 2.42. The molecule has 1 aliphatic heterocycles. The van der Waals surface area contributed by atoms with Crippen molar-refractivity contribution in [2.45, 2.75) is 39.2 Å². The summed E-state index contributed by atoms with van der Waals surface area (Å²) in [5, 5.41) is 11.8. The summed E-state index contributed by atoms with van der Waals surface area (Å²) in [5.74, 6) is -1.19. The molecule has 2 rings (SSSR count). The number of carboxylic acids is 1. The van der Waals surface area contributed by atoms with Gasteiger partial charge in [-0.25, -0.2) is 4.79 Å². The Morgan fingerprint density at radius 1 is 1.35 bits per heavy atom. The lowest BCUT2D eigenvalue weighted by atomic mass is 9.87. The summed E-state index contributed by atoms with van der Waals surface area (Å²) in [4.78, 5) is 24.1. The van der Waals surface area contributed by atoms with Gasteiger partial charge in [0.15, 0.2) is 0 Å². The van der Waals surface area contributed by atoms with E-state index in [0.717, 1.165) is 19.3 Å². The van der Waals surface area contributed by atoms with Gasteiger partial charge in [-0.1, -0.05) is 20.3 Å². The van der Waals surface area contributed by atoms with Gasteiger partial charge in [0.25, 0.3) is 0 Å². The van der Waals surface area contributed by atoms with Crippen molar-refractivity contribution in [3.05, 3.63) is 0 Å². The second-order valence-corrected chi connectivity index (χ2v) is 5.82. The van der Waals surface area contributed by atoms with Crippen molar-refractivity contribution < 1.29 is 14.7 Å². The van der Waals surface area contributed by atoms with Crippen LogP contribution in [-0.2, 0) is 4.79 Å². The number of carbonyl (C=O) groups is 2. The van der Waals surface area contributed by atoms with Gasteiger partial charge < -0.3 is 15.3 Å². The molecule has 2 aliphatic rings. The minimum atomic E-state index is -0.810. The number of aliphatic carboxylic acids is 1. The third-order valence-corrected chi connectivity index (χ3v) is 4.07. The fraction of sp³-hybridized carbons (Fsp3) is 0.833. The smallest absolute Gasteiger partial charge is 0.317 e. The van der Waals surface area contributed by atoms with E-state index in [4.69, 9.17) is 5.11 Å². The third kappa shape index (κ3) is 2.37. The first-order valence-corrected chi connectivity index (χ1v) is 6.18. The van der Waals surface area contributed by atoms with Gasteiger partial charge in [-0.15, -0.1) is 0 Å². The van der Waals surface area contributed by atoms with Crippen LogP contribution in [0.25, 0.3) is 0 Å². The molecule has 1 atom stereocenters. The second kappa shape index (κ2) is 4.20. The van der Waals surface area contributed by atoms with Gasteiger partial charge in [-0.2, -0.15) is 0 Å². The quantitative estimate of drug-likeness (QED) is 0.764. The van der Waals surface area contributed by atoms with E-state index in [9.17, 15) is 9.59 Å². The molecule has 1 saturated heterocycles. The Labute approximate surface area is 101 Å². The first-order chi connectivity index (χ1) is 7.90. The van der Waals surface area contributed by atoms with E-state index >= 15 is 0 Å². The molecule has 0 aromatic heterocycles. The standard InChI is InChI=1S/C12H20N2O3/c1-12(2)5-3-4-9(12)13-11(17)14-6-8(7-14)10(15)16/h8-9H,3-7H2,1-2H3,(H,13,17)(H,15,16). The van der Waals surface area contributed by atoms with Gasteiger partial charge >= 0.3 is 12.0 Å². The molecule has 1 unspecified atom stereocenters. The van der Waals surface area contributed by atoms with Crippen LogP contribution in [0.3, 0.4) is 0 Å². The summed E-state index contributed by atoms with van der Waals surface area (Å²) in [6.07, 6.45) is 3.31. The number of carboxylic acid groups (broad SMARTS) is 1. The Hall–Kier alpha value is -1.26. The highest BCUT2D eigenvalue weighted by molar-refractivity contribution is 5.80. The minimum absolute atomic E-state index is 0.109. The highest BCUT2D eigenvalue weighted by Gasteiger charge is 2.39. The minimum Gasteiger partial charge on any atom is -0.481 e. The van der Waals surface area contributed by atoms with Crippen LogP contribution in [0, 0.1) is 11.3 Å². The largest absolute Gasteiger partial charge is 0.481 e. The number of nitrogens with one attached hydrogen (secondary N) is 1. The van der Waals surface area contributed by atoms with Crippen LogP contribution >= 0.6 is 0 Å². The highest BCUT2D eigenvalue weighted by Crippen LogP contribution is 2.37. The average molecular weight is 240 g/mol. The summed E-state index contributed by atoms with van der Waals surface area (Å²) >= 11 is 0. The lowest BCUT2D eigenvalue weighted by Gasteiger charge is -2.38. The Morgan fingerprint density at radius 2 is 2.00 bits per heavy atom. The van der Waals surface area contributed by atoms with Gasteiger partial charge in [-0.05, 0) is 18.3 Å². The first kappa shape index (κ1) is 12.2. The SMILES string of the molecule is CC1(C)CCCC1NC(=O)N1CC(C(=O)O)C1. The van der Waals surface area contributed by atoms with E-state index in [0.29, 0.717) is 13.1 Å². The molecule has 1 saturated carbocycles. The zero-order valence-electron chi connectivity index (χ0n) is 10.4. The molecule has 0 radical (unpaired) electrons. The summed E-state index contributed by atoms with van der Waals surface area (Å²) in [7, 11) is 0. The summed E-state index contributed by atoms with van der Waals surface area (Å²) in [6, 6.07) is 0.112. The fourth-order valence-electron chi connectivity index (χ4n) is 2.64. The van der Waals surface area contributed by atoms with E-state index in [1.807, 2.05) is 0 Å². The Morgan fingerprint density at radius 3 is 2.47 bits per heavy atom. The van der Waals surface area contributed by atoms with Gasteiger partial charge in [0.05, 0.1) is 5.92 Å². The summed E-state index contributed by atoms with van der Waals surface area (Å²) in [6.45, 7) is 5.02. The van der Waals surface area contributed by atoms with Crippen molar-refractivity contribution in [3.63, 3.8) is 0 Å². The van der Waals surface area contributed by atoms with Gasteiger partial charge in [0.2, 0.25) is 0 Å². The maximum absolute atomic E-state index is 11.9. The van der Waals surface area contributed by atoms with Crippen molar-refractivity contribution in [2.75, 3.05) is 13.1 Å². The molecule has 2 amide bonds. The number of carbonyl (C=O) groups excluding carboxylic acids is 1. The maximum Gasteiger partial charge on any atom is 0.317 e. The van der Waals surface area contributed by atoms with Crippen molar-refractivity contribution >= 4 is 12.0 Å². The number of amides is 2. The molecule has 5 heteroatoms. The zero-order valence-corrected chi connectivity index (χ0v) is 10.4. The number of nitrogens with zero attached hydrogens (tertiary/aromatic N) is 1. The molecule has 96 valence electrons. The van der Waals surface area contributed by atoms with Crippen molar-refractivity contribution in [1.82, 2.24) is 10.2 Å². The Balaban J connectivity index is 1.81. The molecule has 1 heterocycles. The highest BCUT2D eigenvalue weighted by atomic mass is 16.4. The lowest BCUT2D eigenvalue weighted by molar-refractivity contribution is -0.146. The molecule has 2 N–H and O–H groups in total. The normalized spacial score (nSPS) is 27.6. The molecule has 2 fully saturated rings. The molecule has 0 bridgehead atoms. The fourth-order valence-corrected chi connectivity index (χ4v) is 2.64. The van der Waals surface area contributed by atoms with E-state index in [1.165, 1.54) is 0 Å². The lowest BCUT2D eigenvalue weighted by Crippen LogP contribution is -2.58. The van der Waals surface area contributed by atoms with E-state index < -0.39 is 5.97 Å². The number of rotatable bonds is 2. The van der Waals surface area contributed by atoms with Gasteiger partial charge in [0.1, 0.15) is 0 Å². The number of hydrogen-bond acceptors (Lipinski definition) is 2. The van der Waals surface area contributed by atoms with Crippen molar-refractivity contribution in [1.29, 1.82) is 0 Å². The molecular formula is C12H20N2O3. The molecule has 1 aliphatic carbocycles. The number of urea groups is 1. The van der Waals surface area contributed by atoms with Crippen LogP contribution in [-0.4, -0.2) is 41.1 Å². The van der Waals surface area contributed by atoms with Crippen LogP contribution < -0.4 is 5.32 Å². The first-order valence-electron chi connectivity index (χ1n) is 6.18. The van der Waals surface area contributed by atoms with E-state index in [-0.39, 0.29) is 23.4 Å². The molecule has 0 aromatic rings. The molecular weight excluding hydrogens is 220 g/mol. The topological polar surface area (TPSA) is 69.6 Å². The Bertz CT molecular complexity index is 335. The number of likely N-dealkylation sites (tertiary alicyclic amines) is 1. The predicted octanol–water partition coefficient (Wildman–Crippen LogP) is 1.29. The van der Waals surface area contributed by atoms with Gasteiger partial charge in [-0.3, -0.25) is 4.79 Å². The van der Waals surface area contributed by atoms with Crippen LogP contribution in [0.2, 0.25) is 0 Å². The molecule has 0 spiro atoms. The van der Waals surface area contributed by atoms with Crippen LogP contribution in [0.5, 0.6) is 0 Å². The predicted molar refractivity (Wildman–Crippen MR) is 62.7 cm³/mol.